The van der Waals surface area contributed by atoms with Gasteiger partial charge in [0, 0.05) is 17.6 Å². The van der Waals surface area contributed by atoms with Crippen LogP contribution in [0.15, 0.2) is 29.4 Å². The van der Waals surface area contributed by atoms with Gasteiger partial charge in [-0.3, -0.25) is 14.7 Å². The summed E-state index contributed by atoms with van der Waals surface area (Å²) in [5.41, 5.74) is 0.830. The molecular weight excluding hydrogens is 398 g/mol. The molecule has 28 heavy (non-hydrogen) atoms. The number of nitrogens with one attached hydrogen (secondary N) is 2. The van der Waals surface area contributed by atoms with E-state index in [1.807, 2.05) is 38.1 Å². The lowest BCUT2D eigenvalue weighted by molar-refractivity contribution is -0.117. The van der Waals surface area contributed by atoms with Crippen LogP contribution in [0.3, 0.4) is 0 Å². The molecule has 0 bridgehead atoms. The van der Waals surface area contributed by atoms with Crippen LogP contribution < -0.4 is 10.6 Å². The van der Waals surface area contributed by atoms with Crippen molar-refractivity contribution in [1.29, 1.82) is 0 Å². The molecule has 0 saturated heterocycles. The summed E-state index contributed by atoms with van der Waals surface area (Å²) in [7, 11) is 0. The standard InChI is InChI=1S/C19H24ClN5O2S/c1-12(2)21-18(27)22-16(26)11-28-19-24-23-17(14-9-5-6-10-15(14)20)25(19)13-7-3-4-8-13/h5-6,9-10,12-13H,3-4,7-8,11H2,1-2H3,(H2,21,22,26,27). The second kappa shape index (κ2) is 9.43. The minimum absolute atomic E-state index is 0.0379. The van der Waals surface area contributed by atoms with Crippen molar-refractivity contribution in [2.45, 2.75) is 56.8 Å². The highest BCUT2D eigenvalue weighted by molar-refractivity contribution is 7.99. The van der Waals surface area contributed by atoms with Gasteiger partial charge in [0.05, 0.1) is 10.8 Å². The highest BCUT2D eigenvalue weighted by atomic mass is 35.5. The fourth-order valence-corrected chi connectivity index (χ4v) is 4.31. The molecule has 150 valence electrons. The number of aromatic nitrogens is 3. The van der Waals surface area contributed by atoms with E-state index in [0.717, 1.165) is 37.1 Å². The summed E-state index contributed by atoms with van der Waals surface area (Å²) in [6.07, 6.45) is 4.41. The molecule has 0 atom stereocenters. The molecule has 3 amide bonds. The fraction of sp³-hybridized carbons (Fsp3) is 0.474. The van der Waals surface area contributed by atoms with Gasteiger partial charge in [0.25, 0.3) is 0 Å². The number of benzene rings is 1. The normalized spacial score (nSPS) is 14.4. The second-order valence-corrected chi connectivity index (χ2v) is 8.41. The molecule has 0 unspecified atom stereocenters. The molecule has 3 rings (SSSR count). The van der Waals surface area contributed by atoms with Crippen LogP contribution in [0.25, 0.3) is 11.4 Å². The van der Waals surface area contributed by atoms with Crippen molar-refractivity contribution in [2.24, 2.45) is 0 Å². The maximum absolute atomic E-state index is 12.1. The molecular formula is C19H24ClN5O2S. The van der Waals surface area contributed by atoms with Crippen LogP contribution in [0, 0.1) is 0 Å². The first-order chi connectivity index (χ1) is 13.5. The van der Waals surface area contributed by atoms with Crippen LogP contribution in [-0.4, -0.2) is 38.5 Å². The van der Waals surface area contributed by atoms with Crippen molar-refractivity contribution in [3.63, 3.8) is 0 Å². The lowest BCUT2D eigenvalue weighted by atomic mass is 10.2. The Hall–Kier alpha value is -2.06. The van der Waals surface area contributed by atoms with Crippen LogP contribution >= 0.6 is 23.4 Å². The molecule has 1 heterocycles. The Morgan fingerprint density at radius 2 is 1.96 bits per heavy atom. The largest absolute Gasteiger partial charge is 0.336 e. The Labute approximate surface area is 173 Å². The molecule has 1 fully saturated rings. The minimum atomic E-state index is -0.491. The van der Waals surface area contributed by atoms with E-state index in [9.17, 15) is 9.59 Å². The predicted molar refractivity (Wildman–Crippen MR) is 111 cm³/mol. The number of hydrogen-bond donors (Lipinski definition) is 2. The number of rotatable bonds is 6. The van der Waals surface area contributed by atoms with Gasteiger partial charge >= 0.3 is 6.03 Å². The van der Waals surface area contributed by atoms with Gasteiger partial charge in [-0.1, -0.05) is 48.3 Å². The molecule has 1 aromatic heterocycles. The molecule has 2 N–H and O–H groups in total. The molecule has 0 spiro atoms. The monoisotopic (exact) mass is 421 g/mol. The Bertz CT molecular complexity index is 849. The number of halogens is 1. The number of urea groups is 1. The third kappa shape index (κ3) is 5.05. The number of hydrogen-bond acceptors (Lipinski definition) is 5. The highest BCUT2D eigenvalue weighted by Crippen LogP contribution is 2.38. The van der Waals surface area contributed by atoms with Gasteiger partial charge in [0.1, 0.15) is 0 Å². The lowest BCUT2D eigenvalue weighted by Gasteiger charge is -2.17. The van der Waals surface area contributed by atoms with Crippen LogP contribution in [0.4, 0.5) is 4.79 Å². The summed E-state index contributed by atoms with van der Waals surface area (Å²) >= 11 is 7.65. The van der Waals surface area contributed by atoms with Gasteiger partial charge in [0.2, 0.25) is 5.91 Å². The van der Waals surface area contributed by atoms with Gasteiger partial charge in [-0.05, 0) is 38.8 Å². The van der Waals surface area contributed by atoms with E-state index < -0.39 is 6.03 Å². The number of thioether (sulfide) groups is 1. The topological polar surface area (TPSA) is 88.9 Å². The average Bonchev–Trinajstić information content (AvgIpc) is 3.29. The molecule has 1 aliphatic rings. The second-order valence-electron chi connectivity index (χ2n) is 7.06. The maximum Gasteiger partial charge on any atom is 0.321 e. The SMILES string of the molecule is CC(C)NC(=O)NC(=O)CSc1nnc(-c2ccccc2Cl)n1C1CCCC1. The number of nitrogens with zero attached hydrogens (tertiary/aromatic N) is 3. The van der Waals surface area contributed by atoms with Crippen LogP contribution in [0.2, 0.25) is 5.02 Å². The van der Waals surface area contributed by atoms with Gasteiger partial charge < -0.3 is 5.32 Å². The molecule has 1 aromatic carbocycles. The van der Waals surface area contributed by atoms with E-state index in [1.54, 1.807) is 0 Å². The highest BCUT2D eigenvalue weighted by Gasteiger charge is 2.26. The third-order valence-corrected chi connectivity index (χ3v) is 5.75. The van der Waals surface area contributed by atoms with E-state index in [0.29, 0.717) is 10.2 Å². The van der Waals surface area contributed by atoms with Crippen molar-refractivity contribution < 1.29 is 9.59 Å². The molecule has 2 aromatic rings. The molecule has 7 nitrogen and oxygen atoms in total. The zero-order chi connectivity index (χ0) is 20.1. The van der Waals surface area contributed by atoms with Crippen molar-refractivity contribution >= 4 is 35.3 Å². The maximum atomic E-state index is 12.1. The van der Waals surface area contributed by atoms with E-state index in [4.69, 9.17) is 11.6 Å². The fourth-order valence-electron chi connectivity index (χ4n) is 3.28. The van der Waals surface area contributed by atoms with E-state index >= 15 is 0 Å². The molecule has 0 aliphatic heterocycles. The van der Waals surface area contributed by atoms with Gasteiger partial charge in [0.15, 0.2) is 11.0 Å². The molecule has 1 saturated carbocycles. The van der Waals surface area contributed by atoms with Crippen LogP contribution in [0.1, 0.15) is 45.6 Å². The molecule has 1 aliphatic carbocycles. The summed E-state index contributed by atoms with van der Waals surface area (Å²) in [4.78, 5) is 23.8. The van der Waals surface area contributed by atoms with E-state index in [1.165, 1.54) is 11.8 Å². The van der Waals surface area contributed by atoms with Crippen LogP contribution in [-0.2, 0) is 4.79 Å². The zero-order valence-electron chi connectivity index (χ0n) is 15.9. The Morgan fingerprint density at radius 3 is 2.64 bits per heavy atom. The van der Waals surface area contributed by atoms with Gasteiger partial charge in [-0.25, -0.2) is 4.79 Å². The number of imide groups is 1. The predicted octanol–water partition coefficient (Wildman–Crippen LogP) is 4.04. The van der Waals surface area contributed by atoms with Crippen molar-refractivity contribution in [3.8, 4) is 11.4 Å². The first kappa shape index (κ1) is 20.7. The lowest BCUT2D eigenvalue weighted by Crippen LogP contribution is -2.43. The van der Waals surface area contributed by atoms with Gasteiger partial charge in [-0.15, -0.1) is 10.2 Å². The first-order valence-electron chi connectivity index (χ1n) is 9.38. The molecule has 9 heteroatoms. The van der Waals surface area contributed by atoms with Crippen LogP contribution in [0.5, 0.6) is 0 Å². The first-order valence-corrected chi connectivity index (χ1v) is 10.7. The van der Waals surface area contributed by atoms with E-state index in [-0.39, 0.29) is 23.7 Å². The number of carbonyl (C=O) groups excluding carboxylic acids is 2. The molecule has 0 radical (unpaired) electrons. The van der Waals surface area contributed by atoms with Crippen molar-refractivity contribution in [2.75, 3.05) is 5.75 Å². The summed E-state index contributed by atoms with van der Waals surface area (Å²) in [6, 6.07) is 7.31. The number of amides is 3. The van der Waals surface area contributed by atoms with Gasteiger partial charge in [-0.2, -0.15) is 0 Å². The minimum Gasteiger partial charge on any atom is -0.336 e. The summed E-state index contributed by atoms with van der Waals surface area (Å²) in [5.74, 6) is 0.431. The smallest absolute Gasteiger partial charge is 0.321 e. The Morgan fingerprint density at radius 1 is 1.25 bits per heavy atom. The Kier molecular flexibility index (Phi) is 6.96. The number of carbonyl (C=O) groups is 2. The third-order valence-electron chi connectivity index (χ3n) is 4.47. The summed E-state index contributed by atoms with van der Waals surface area (Å²) in [5, 5.41) is 14.9. The van der Waals surface area contributed by atoms with E-state index in [2.05, 4.69) is 25.4 Å². The summed E-state index contributed by atoms with van der Waals surface area (Å²) in [6.45, 7) is 3.66. The quantitative estimate of drug-likeness (QED) is 0.687. The average molecular weight is 422 g/mol. The van der Waals surface area contributed by atoms with Crippen molar-refractivity contribution in [3.05, 3.63) is 29.3 Å². The van der Waals surface area contributed by atoms with Crippen molar-refractivity contribution in [1.82, 2.24) is 25.4 Å². The zero-order valence-corrected chi connectivity index (χ0v) is 17.5. The summed E-state index contributed by atoms with van der Waals surface area (Å²) < 4.78 is 2.10. The Balaban J connectivity index is 1.77.